The average Bonchev–Trinajstić information content (AvgIpc) is 3.31. The summed E-state index contributed by atoms with van der Waals surface area (Å²) in [5.74, 6) is 0. The van der Waals surface area contributed by atoms with Gasteiger partial charge in [0.25, 0.3) is 6.43 Å². The van der Waals surface area contributed by atoms with E-state index in [4.69, 9.17) is 0 Å². The number of nitriles is 1. The Hall–Kier alpha value is -3.22. The summed E-state index contributed by atoms with van der Waals surface area (Å²) in [7, 11) is 0.0955. The number of anilines is 1. The molecule has 1 atom stereocenters. The third-order valence-electron chi connectivity index (χ3n) is 6.68. The highest BCUT2D eigenvalue weighted by molar-refractivity contribution is 7.83. The van der Waals surface area contributed by atoms with Crippen molar-refractivity contribution in [3.8, 4) is 11.2 Å². The normalized spacial score (nSPS) is 17.6. The van der Waals surface area contributed by atoms with Gasteiger partial charge in [-0.3, -0.25) is 0 Å². The number of piperazine rings is 1. The smallest absolute Gasteiger partial charge is 0.319 e. The Kier molecular flexibility index (Phi) is 7.30. The Labute approximate surface area is 224 Å². The topological polar surface area (TPSA) is 123 Å². The van der Waals surface area contributed by atoms with E-state index in [0.29, 0.717) is 56.0 Å². The first-order valence-corrected chi connectivity index (χ1v) is 14.2. The van der Waals surface area contributed by atoms with E-state index in [1.165, 1.54) is 4.68 Å². The second kappa shape index (κ2) is 10.5. The van der Waals surface area contributed by atoms with E-state index in [0.717, 1.165) is 28.8 Å². The van der Waals surface area contributed by atoms with Gasteiger partial charge < -0.3 is 14.7 Å². The standard InChI is InChI=1S/C23H27F2N9O2S2/c1-3-6-31(2)22(35)33-9-7-32(8-10-33)17-11-15(38(36)30-23(14-26)4-5-23)12-18-16(17)13-27-34(18)21-29-28-20(37-21)19(24)25/h11-13,19,30H,3-10H2,1-2H3. The molecule has 2 fully saturated rings. The van der Waals surface area contributed by atoms with Crippen LogP contribution >= 0.6 is 11.3 Å². The first kappa shape index (κ1) is 26.4. The molecule has 0 radical (unpaired) electrons. The minimum atomic E-state index is -2.75. The van der Waals surface area contributed by atoms with Gasteiger partial charge in [-0.2, -0.15) is 10.4 Å². The fourth-order valence-corrected chi connectivity index (χ4v) is 6.24. The van der Waals surface area contributed by atoms with Crippen LogP contribution in [0.5, 0.6) is 0 Å². The third kappa shape index (κ3) is 5.07. The van der Waals surface area contributed by atoms with Gasteiger partial charge in [0, 0.05) is 50.8 Å². The summed E-state index contributed by atoms with van der Waals surface area (Å²) in [6.07, 6.45) is 0.987. The van der Waals surface area contributed by atoms with E-state index in [2.05, 4.69) is 31.0 Å². The van der Waals surface area contributed by atoms with Crippen molar-refractivity contribution in [2.75, 3.05) is 44.7 Å². The molecule has 1 aliphatic carbocycles. The summed E-state index contributed by atoms with van der Waals surface area (Å²) >= 11 is 0.734. The molecule has 0 bridgehead atoms. The summed E-state index contributed by atoms with van der Waals surface area (Å²) < 4.78 is 44.0. The second-order valence-corrected chi connectivity index (χ2v) is 11.6. The van der Waals surface area contributed by atoms with E-state index in [1.54, 1.807) is 30.3 Å². The highest BCUT2D eigenvalue weighted by atomic mass is 32.2. The lowest BCUT2D eigenvalue weighted by Crippen LogP contribution is -2.52. The van der Waals surface area contributed by atoms with Gasteiger partial charge in [0.2, 0.25) is 5.13 Å². The number of carbonyl (C=O) groups excluding carboxylic acids is 1. The number of alkyl halides is 2. The van der Waals surface area contributed by atoms with E-state index in [1.807, 2.05) is 11.8 Å². The van der Waals surface area contributed by atoms with Gasteiger partial charge in [0.05, 0.1) is 22.7 Å². The van der Waals surface area contributed by atoms with Crippen molar-refractivity contribution in [3.63, 3.8) is 0 Å². The van der Waals surface area contributed by atoms with Gasteiger partial charge >= 0.3 is 6.03 Å². The number of fused-ring (bicyclic) bond motifs is 1. The number of nitrogens with zero attached hydrogens (tertiary/aromatic N) is 8. The van der Waals surface area contributed by atoms with Crippen LogP contribution < -0.4 is 9.62 Å². The lowest BCUT2D eigenvalue weighted by molar-refractivity contribution is 0.150. The molecule has 1 aromatic carbocycles. The van der Waals surface area contributed by atoms with Crippen molar-refractivity contribution in [2.45, 2.75) is 43.0 Å². The maximum absolute atomic E-state index is 13.3. The first-order chi connectivity index (χ1) is 18.2. The molecule has 38 heavy (non-hydrogen) atoms. The molecule has 1 saturated heterocycles. The number of hydrogen-bond acceptors (Lipinski definition) is 8. The number of nitrogens with one attached hydrogen (secondary N) is 1. The summed E-state index contributed by atoms with van der Waals surface area (Å²) in [5.41, 5.74) is 0.489. The predicted molar refractivity (Wildman–Crippen MR) is 139 cm³/mol. The lowest BCUT2D eigenvalue weighted by atomic mass is 10.1. The molecule has 1 unspecified atom stereocenters. The van der Waals surface area contributed by atoms with Gasteiger partial charge in [0.15, 0.2) is 5.01 Å². The minimum Gasteiger partial charge on any atom is -0.367 e. The quantitative estimate of drug-likeness (QED) is 0.447. The Morgan fingerprint density at radius 2 is 2.03 bits per heavy atom. The molecule has 15 heteroatoms. The largest absolute Gasteiger partial charge is 0.367 e. The van der Waals surface area contributed by atoms with Crippen molar-refractivity contribution in [1.82, 2.24) is 34.5 Å². The van der Waals surface area contributed by atoms with Crippen LogP contribution in [0.25, 0.3) is 16.0 Å². The lowest BCUT2D eigenvalue weighted by Gasteiger charge is -2.38. The molecule has 1 saturated carbocycles. The molecule has 5 rings (SSSR count). The van der Waals surface area contributed by atoms with Crippen LogP contribution in [0.4, 0.5) is 19.3 Å². The average molecular weight is 564 g/mol. The van der Waals surface area contributed by atoms with Gasteiger partial charge in [-0.15, -0.1) is 10.2 Å². The molecule has 2 aromatic heterocycles. The van der Waals surface area contributed by atoms with E-state index in [-0.39, 0.29) is 11.2 Å². The monoisotopic (exact) mass is 563 g/mol. The molecule has 3 heterocycles. The predicted octanol–water partition coefficient (Wildman–Crippen LogP) is 3.07. The number of carbonyl (C=O) groups is 1. The molecule has 0 spiro atoms. The zero-order chi connectivity index (χ0) is 27.0. The SMILES string of the molecule is CCCN(C)C(=O)N1CCN(c2cc(S(=O)NC3(C#N)CC3)cc3c2cnn3-c2nnc(C(F)F)s2)CC1. The van der Waals surface area contributed by atoms with Crippen molar-refractivity contribution >= 4 is 44.9 Å². The molecule has 202 valence electrons. The minimum absolute atomic E-state index is 0.0131. The van der Waals surface area contributed by atoms with Crippen LogP contribution in [0.3, 0.4) is 0 Å². The number of halogens is 2. The van der Waals surface area contributed by atoms with Crippen LogP contribution in [-0.4, -0.2) is 85.3 Å². The highest BCUT2D eigenvalue weighted by Gasteiger charge is 2.45. The molecular formula is C23H27F2N9O2S2. The van der Waals surface area contributed by atoms with Crippen LogP contribution in [0, 0.1) is 11.3 Å². The highest BCUT2D eigenvalue weighted by Crippen LogP contribution is 2.37. The van der Waals surface area contributed by atoms with Crippen molar-refractivity contribution in [2.24, 2.45) is 0 Å². The Balaban J connectivity index is 1.48. The number of benzene rings is 1. The van der Waals surface area contributed by atoms with Crippen molar-refractivity contribution < 1.29 is 17.8 Å². The van der Waals surface area contributed by atoms with Gasteiger partial charge in [-0.25, -0.2) is 27.2 Å². The number of rotatable bonds is 8. The summed E-state index contributed by atoms with van der Waals surface area (Å²) in [5, 5.41) is 21.8. The summed E-state index contributed by atoms with van der Waals surface area (Å²) in [6.45, 7) is 4.83. The van der Waals surface area contributed by atoms with E-state index < -0.39 is 28.0 Å². The molecular weight excluding hydrogens is 536 g/mol. The Morgan fingerprint density at radius 1 is 1.29 bits per heavy atom. The zero-order valence-corrected chi connectivity index (χ0v) is 22.6. The summed E-state index contributed by atoms with van der Waals surface area (Å²) in [4.78, 5) is 18.8. The molecule has 1 aliphatic heterocycles. The molecule has 2 aliphatic rings. The number of urea groups is 1. The zero-order valence-electron chi connectivity index (χ0n) is 20.9. The number of aromatic nitrogens is 4. The molecule has 11 nitrogen and oxygen atoms in total. The van der Waals surface area contributed by atoms with Crippen molar-refractivity contribution in [1.29, 1.82) is 5.26 Å². The van der Waals surface area contributed by atoms with Crippen molar-refractivity contribution in [3.05, 3.63) is 23.3 Å². The van der Waals surface area contributed by atoms with Gasteiger partial charge in [-0.1, -0.05) is 18.3 Å². The Morgan fingerprint density at radius 3 is 2.63 bits per heavy atom. The second-order valence-electron chi connectivity index (χ2n) is 9.40. The third-order valence-corrected chi connectivity index (χ3v) is 8.83. The fraction of sp³-hybridized carbons (Fsp3) is 0.522. The van der Waals surface area contributed by atoms with Crippen LogP contribution in [-0.2, 0) is 11.0 Å². The van der Waals surface area contributed by atoms with Gasteiger partial charge in [0.1, 0.15) is 16.5 Å². The van der Waals surface area contributed by atoms with Gasteiger partial charge in [-0.05, 0) is 31.4 Å². The maximum atomic E-state index is 13.3. The fourth-order valence-electron chi connectivity index (χ4n) is 4.41. The summed E-state index contributed by atoms with van der Waals surface area (Å²) in [6, 6.07) is 5.65. The van der Waals surface area contributed by atoms with Crippen LogP contribution in [0.2, 0.25) is 0 Å². The molecule has 2 amide bonds. The van der Waals surface area contributed by atoms with Crippen LogP contribution in [0.15, 0.2) is 23.2 Å². The Bertz CT molecular complexity index is 1410. The molecule has 1 N–H and O–H groups in total. The number of hydrogen-bond donors (Lipinski definition) is 1. The maximum Gasteiger partial charge on any atom is 0.319 e. The van der Waals surface area contributed by atoms with E-state index >= 15 is 0 Å². The van der Waals surface area contributed by atoms with Crippen LogP contribution in [0.1, 0.15) is 37.6 Å². The first-order valence-electron chi connectivity index (χ1n) is 12.2. The number of amides is 2. The molecule has 3 aromatic rings. The van der Waals surface area contributed by atoms with E-state index in [9.17, 15) is 23.0 Å².